The van der Waals surface area contributed by atoms with Gasteiger partial charge in [0.25, 0.3) is 0 Å². The Bertz CT molecular complexity index is 150. The average molecular weight is 205 g/mol. The van der Waals surface area contributed by atoms with Gasteiger partial charge in [0.2, 0.25) is 0 Å². The van der Waals surface area contributed by atoms with Crippen LogP contribution in [0.3, 0.4) is 0 Å². The summed E-state index contributed by atoms with van der Waals surface area (Å²) in [6.45, 7) is 2.19. The number of thiocarbonyl (C=S) groups is 1. The number of hydrogen-bond acceptors (Lipinski definition) is 1. The van der Waals surface area contributed by atoms with Crippen molar-refractivity contribution < 1.29 is 0 Å². The fraction of sp³-hybridized carbons (Fsp3) is 0.900. The molecule has 12 heavy (non-hydrogen) atoms. The summed E-state index contributed by atoms with van der Waals surface area (Å²) in [6.07, 6.45) is 7.95. The van der Waals surface area contributed by atoms with E-state index < -0.39 is 0 Å². The third-order valence-electron chi connectivity index (χ3n) is 2.95. The molecule has 1 rings (SSSR count). The summed E-state index contributed by atoms with van der Waals surface area (Å²) in [4.78, 5) is 0. The molecular weight excluding hydrogens is 188 g/mol. The zero-order valence-electron chi connectivity index (χ0n) is 7.68. The topological polar surface area (TPSA) is 0 Å². The lowest BCUT2D eigenvalue weighted by Gasteiger charge is -2.28. The molecule has 1 saturated carbocycles. The fourth-order valence-corrected chi connectivity index (χ4v) is 2.91. The smallest absolute Gasteiger partial charge is 0.0762 e. The second-order valence-corrected chi connectivity index (χ2v) is 4.79. The van der Waals surface area contributed by atoms with E-state index in [1.165, 1.54) is 32.1 Å². The summed E-state index contributed by atoms with van der Waals surface area (Å²) in [5.41, 5.74) is 0. The largest absolute Gasteiger partial charge is 0.0842 e. The molecule has 1 aliphatic carbocycles. The van der Waals surface area contributed by atoms with Crippen LogP contribution in [0.4, 0.5) is 0 Å². The van der Waals surface area contributed by atoms with Crippen molar-refractivity contribution in [2.75, 3.05) is 0 Å². The molecule has 0 aromatic carbocycles. The molecular formula is C10H17ClS. The number of rotatable bonds is 3. The molecule has 0 aromatic heterocycles. The molecule has 0 spiro atoms. The Morgan fingerprint density at radius 1 is 1.42 bits per heavy atom. The van der Waals surface area contributed by atoms with Crippen LogP contribution < -0.4 is 0 Å². The average Bonchev–Trinajstić information content (AvgIpc) is 2.07. The highest BCUT2D eigenvalue weighted by atomic mass is 35.5. The van der Waals surface area contributed by atoms with Crippen molar-refractivity contribution in [3.63, 3.8) is 0 Å². The predicted octanol–water partition coefficient (Wildman–Crippen LogP) is 4.16. The molecule has 1 atom stereocenters. The van der Waals surface area contributed by atoms with Gasteiger partial charge in [-0.2, -0.15) is 0 Å². The minimum Gasteiger partial charge on any atom is -0.0762 e. The van der Waals surface area contributed by atoms with Gasteiger partial charge in [0.1, 0.15) is 0 Å². The summed E-state index contributed by atoms with van der Waals surface area (Å²) >= 11 is 11.0. The molecule has 0 N–H and O–H groups in total. The molecule has 70 valence electrons. The maximum Gasteiger partial charge on any atom is 0.0842 e. The van der Waals surface area contributed by atoms with Gasteiger partial charge in [0, 0.05) is 5.92 Å². The van der Waals surface area contributed by atoms with Crippen LogP contribution in [0.5, 0.6) is 0 Å². The maximum absolute atomic E-state index is 5.91. The van der Waals surface area contributed by atoms with E-state index in [4.69, 9.17) is 23.8 Å². The summed E-state index contributed by atoms with van der Waals surface area (Å²) in [5.74, 6) is 1.29. The second kappa shape index (κ2) is 5.18. The van der Waals surface area contributed by atoms with Crippen LogP contribution in [-0.2, 0) is 0 Å². The molecule has 1 aliphatic rings. The van der Waals surface area contributed by atoms with Gasteiger partial charge in [-0.3, -0.25) is 0 Å². The third kappa shape index (κ3) is 2.70. The van der Waals surface area contributed by atoms with Gasteiger partial charge in [0.15, 0.2) is 0 Å². The van der Waals surface area contributed by atoms with Crippen molar-refractivity contribution in [3.05, 3.63) is 0 Å². The Hall–Kier alpha value is 0.380. The Labute approximate surface area is 85.7 Å². The van der Waals surface area contributed by atoms with E-state index in [-0.39, 0.29) is 0 Å². The van der Waals surface area contributed by atoms with Gasteiger partial charge in [-0.25, -0.2) is 0 Å². The first-order valence-corrected chi connectivity index (χ1v) is 5.73. The fourth-order valence-electron chi connectivity index (χ4n) is 2.22. The zero-order valence-corrected chi connectivity index (χ0v) is 9.26. The summed E-state index contributed by atoms with van der Waals surface area (Å²) in [6, 6.07) is 0. The van der Waals surface area contributed by atoms with Crippen LogP contribution in [0.15, 0.2) is 0 Å². The van der Waals surface area contributed by atoms with E-state index in [9.17, 15) is 0 Å². The Balaban J connectivity index is 2.46. The second-order valence-electron chi connectivity index (χ2n) is 3.72. The molecule has 0 saturated heterocycles. The number of hydrogen-bond donors (Lipinski definition) is 0. The van der Waals surface area contributed by atoms with Gasteiger partial charge in [-0.15, -0.1) is 0 Å². The molecule has 0 amide bonds. The third-order valence-corrected chi connectivity index (χ3v) is 3.53. The standard InChI is InChI=1S/C10H17ClS/c1-2-9(10(11)12)8-6-4-3-5-7-8/h8-9H,2-7H2,1H3. The maximum atomic E-state index is 5.91. The molecule has 1 fully saturated rings. The first-order valence-electron chi connectivity index (χ1n) is 4.95. The Morgan fingerprint density at radius 3 is 2.42 bits per heavy atom. The van der Waals surface area contributed by atoms with Gasteiger partial charge in [0.05, 0.1) is 4.32 Å². The molecule has 0 aromatic rings. The van der Waals surface area contributed by atoms with Crippen LogP contribution in [0.2, 0.25) is 0 Å². The van der Waals surface area contributed by atoms with E-state index in [0.29, 0.717) is 10.2 Å². The zero-order chi connectivity index (χ0) is 8.97. The predicted molar refractivity (Wildman–Crippen MR) is 58.8 cm³/mol. The minimum absolute atomic E-state index is 0.502. The summed E-state index contributed by atoms with van der Waals surface area (Å²) in [7, 11) is 0. The Morgan fingerprint density at radius 2 is 2.00 bits per heavy atom. The number of halogens is 1. The lowest BCUT2D eigenvalue weighted by atomic mass is 9.80. The van der Waals surface area contributed by atoms with Crippen molar-refractivity contribution in [3.8, 4) is 0 Å². The van der Waals surface area contributed by atoms with Crippen molar-refractivity contribution >= 4 is 28.1 Å². The summed E-state index contributed by atoms with van der Waals surface area (Å²) in [5, 5.41) is 0. The molecule has 0 radical (unpaired) electrons. The quantitative estimate of drug-likeness (QED) is 0.492. The first-order chi connectivity index (χ1) is 5.75. The van der Waals surface area contributed by atoms with Crippen molar-refractivity contribution in [2.45, 2.75) is 45.4 Å². The van der Waals surface area contributed by atoms with Crippen molar-refractivity contribution in [2.24, 2.45) is 11.8 Å². The lowest BCUT2D eigenvalue weighted by Crippen LogP contribution is -2.21. The SMILES string of the molecule is CCC(C(=S)Cl)C1CCCCC1. The molecule has 0 bridgehead atoms. The van der Waals surface area contributed by atoms with Crippen LogP contribution in [0.25, 0.3) is 0 Å². The highest BCUT2D eigenvalue weighted by Gasteiger charge is 2.24. The van der Waals surface area contributed by atoms with Gasteiger partial charge >= 0.3 is 0 Å². The highest BCUT2D eigenvalue weighted by Crippen LogP contribution is 2.33. The lowest BCUT2D eigenvalue weighted by molar-refractivity contribution is 0.298. The van der Waals surface area contributed by atoms with E-state index >= 15 is 0 Å². The van der Waals surface area contributed by atoms with E-state index in [0.717, 1.165) is 12.3 Å². The van der Waals surface area contributed by atoms with Crippen LogP contribution >= 0.6 is 23.8 Å². The van der Waals surface area contributed by atoms with Gasteiger partial charge < -0.3 is 0 Å². The summed E-state index contributed by atoms with van der Waals surface area (Å²) < 4.78 is 0.712. The Kier molecular flexibility index (Phi) is 4.52. The molecule has 2 heteroatoms. The van der Waals surface area contributed by atoms with Crippen molar-refractivity contribution in [1.29, 1.82) is 0 Å². The van der Waals surface area contributed by atoms with Crippen LogP contribution in [0, 0.1) is 11.8 Å². The van der Waals surface area contributed by atoms with Crippen LogP contribution in [-0.4, -0.2) is 4.32 Å². The monoisotopic (exact) mass is 204 g/mol. The van der Waals surface area contributed by atoms with E-state index in [2.05, 4.69) is 6.92 Å². The molecule has 0 heterocycles. The van der Waals surface area contributed by atoms with E-state index in [1.807, 2.05) is 0 Å². The first kappa shape index (κ1) is 10.5. The van der Waals surface area contributed by atoms with E-state index in [1.54, 1.807) is 0 Å². The van der Waals surface area contributed by atoms with Crippen molar-refractivity contribution in [1.82, 2.24) is 0 Å². The molecule has 1 unspecified atom stereocenters. The molecule has 0 nitrogen and oxygen atoms in total. The molecule has 0 aliphatic heterocycles. The van der Waals surface area contributed by atoms with Gasteiger partial charge in [-0.1, -0.05) is 50.0 Å². The van der Waals surface area contributed by atoms with Crippen LogP contribution in [0.1, 0.15) is 45.4 Å². The van der Waals surface area contributed by atoms with Gasteiger partial charge in [-0.05, 0) is 25.2 Å². The normalized spacial score (nSPS) is 22.2. The highest BCUT2D eigenvalue weighted by molar-refractivity contribution is 7.83. The minimum atomic E-state index is 0.502.